The van der Waals surface area contributed by atoms with Crippen molar-refractivity contribution in [1.29, 1.82) is 0 Å². The Morgan fingerprint density at radius 1 is 1.11 bits per heavy atom. The van der Waals surface area contributed by atoms with Crippen LogP contribution >= 0.6 is 24.0 Å². The summed E-state index contributed by atoms with van der Waals surface area (Å²) in [7, 11) is 0. The fraction of sp³-hybridized carbons (Fsp3) is 0.455. The molecule has 28 heavy (non-hydrogen) atoms. The zero-order chi connectivity index (χ0) is 18.9. The Labute approximate surface area is 186 Å². The van der Waals surface area contributed by atoms with Gasteiger partial charge < -0.3 is 15.5 Å². The van der Waals surface area contributed by atoms with E-state index < -0.39 is 0 Å². The van der Waals surface area contributed by atoms with Crippen molar-refractivity contribution < 1.29 is 0 Å². The lowest BCUT2D eigenvalue weighted by atomic mass is 9.99. The van der Waals surface area contributed by atoms with Gasteiger partial charge in [-0.25, -0.2) is 4.99 Å². The molecule has 0 spiro atoms. The zero-order valence-electron chi connectivity index (χ0n) is 16.9. The van der Waals surface area contributed by atoms with Gasteiger partial charge in [0.25, 0.3) is 0 Å². The number of hydrogen-bond acceptors (Lipinski definition) is 3. The van der Waals surface area contributed by atoms with Crippen LogP contribution in [0, 0.1) is 5.92 Å². The average molecular weight is 493 g/mol. The molecule has 1 aromatic carbocycles. The summed E-state index contributed by atoms with van der Waals surface area (Å²) in [5, 5.41) is 6.64. The van der Waals surface area contributed by atoms with Crippen molar-refractivity contribution in [1.82, 2.24) is 15.6 Å². The minimum atomic E-state index is 0. The van der Waals surface area contributed by atoms with Gasteiger partial charge in [0.15, 0.2) is 5.96 Å². The molecule has 0 saturated carbocycles. The molecule has 1 aliphatic rings. The van der Waals surface area contributed by atoms with Crippen LogP contribution in [0.4, 0.5) is 5.69 Å². The van der Waals surface area contributed by atoms with Gasteiger partial charge in [-0.15, -0.1) is 24.0 Å². The van der Waals surface area contributed by atoms with E-state index in [1.165, 1.54) is 37.2 Å². The highest BCUT2D eigenvalue weighted by Crippen LogP contribution is 2.23. The first-order valence-corrected chi connectivity index (χ1v) is 10.0. The van der Waals surface area contributed by atoms with E-state index in [0.29, 0.717) is 13.1 Å². The number of pyridine rings is 1. The standard InChI is InChI=1S/C22H31N5.HI/c1-3-23-22(26-17-20-6-4-5-13-24-20)25-16-19-7-9-21(10-8-19)27-14-11-18(2)12-15-27;/h4-10,13,18H,3,11-12,14-17H2,1-2H3,(H2,23,25,26);1H. The number of anilines is 1. The summed E-state index contributed by atoms with van der Waals surface area (Å²) in [5.41, 5.74) is 3.55. The zero-order valence-corrected chi connectivity index (χ0v) is 19.2. The van der Waals surface area contributed by atoms with E-state index in [1.54, 1.807) is 0 Å². The van der Waals surface area contributed by atoms with E-state index in [9.17, 15) is 0 Å². The topological polar surface area (TPSA) is 52.6 Å². The molecule has 6 heteroatoms. The van der Waals surface area contributed by atoms with Crippen molar-refractivity contribution in [3.8, 4) is 0 Å². The molecular weight excluding hydrogens is 461 g/mol. The largest absolute Gasteiger partial charge is 0.372 e. The molecule has 0 aliphatic carbocycles. The maximum absolute atomic E-state index is 4.70. The Morgan fingerprint density at radius 3 is 2.50 bits per heavy atom. The number of rotatable bonds is 6. The molecule has 1 fully saturated rings. The molecule has 0 bridgehead atoms. The normalized spacial score (nSPS) is 15.1. The van der Waals surface area contributed by atoms with Crippen molar-refractivity contribution in [2.75, 3.05) is 24.5 Å². The number of piperidine rings is 1. The highest BCUT2D eigenvalue weighted by molar-refractivity contribution is 14.0. The first-order chi connectivity index (χ1) is 13.2. The van der Waals surface area contributed by atoms with Gasteiger partial charge in [0.1, 0.15) is 0 Å². The summed E-state index contributed by atoms with van der Waals surface area (Å²) in [6.07, 6.45) is 4.39. The molecule has 0 radical (unpaired) electrons. The number of guanidine groups is 1. The number of hydrogen-bond donors (Lipinski definition) is 2. The maximum atomic E-state index is 4.70. The highest BCUT2D eigenvalue weighted by atomic mass is 127. The van der Waals surface area contributed by atoms with Gasteiger partial charge in [-0.05, 0) is 55.5 Å². The van der Waals surface area contributed by atoms with Crippen molar-refractivity contribution in [3.05, 3.63) is 59.9 Å². The average Bonchev–Trinajstić information content (AvgIpc) is 2.72. The van der Waals surface area contributed by atoms with Crippen LogP contribution in [0.2, 0.25) is 0 Å². The second-order valence-corrected chi connectivity index (χ2v) is 7.21. The Morgan fingerprint density at radius 2 is 1.86 bits per heavy atom. The molecule has 152 valence electrons. The van der Waals surface area contributed by atoms with Crippen molar-refractivity contribution in [2.45, 2.75) is 39.8 Å². The van der Waals surface area contributed by atoms with E-state index in [1.807, 2.05) is 24.4 Å². The van der Waals surface area contributed by atoms with E-state index in [4.69, 9.17) is 4.99 Å². The van der Waals surface area contributed by atoms with E-state index in [2.05, 4.69) is 58.6 Å². The van der Waals surface area contributed by atoms with Gasteiger partial charge in [0.05, 0.1) is 18.8 Å². The maximum Gasteiger partial charge on any atom is 0.191 e. The van der Waals surface area contributed by atoms with Crippen LogP contribution in [0.1, 0.15) is 37.9 Å². The number of halogens is 1. The summed E-state index contributed by atoms with van der Waals surface area (Å²) in [6.45, 7) is 8.92. The monoisotopic (exact) mass is 493 g/mol. The molecule has 2 aromatic rings. The Hall–Kier alpha value is -1.83. The van der Waals surface area contributed by atoms with E-state index in [0.717, 1.165) is 24.1 Å². The minimum absolute atomic E-state index is 0. The molecule has 3 rings (SSSR count). The predicted octanol–water partition coefficient (Wildman–Crippen LogP) is 4.19. The van der Waals surface area contributed by atoms with Crippen LogP contribution in [0.5, 0.6) is 0 Å². The molecule has 5 nitrogen and oxygen atoms in total. The molecule has 1 aromatic heterocycles. The Balaban J connectivity index is 0.00000280. The lowest BCUT2D eigenvalue weighted by molar-refractivity contribution is 0.438. The quantitative estimate of drug-likeness (QED) is 0.360. The second kappa shape index (κ2) is 11.9. The molecule has 0 amide bonds. The smallest absolute Gasteiger partial charge is 0.191 e. The summed E-state index contributed by atoms with van der Waals surface area (Å²) in [5.74, 6) is 1.68. The van der Waals surface area contributed by atoms with Gasteiger partial charge in [-0.1, -0.05) is 25.1 Å². The molecule has 1 aliphatic heterocycles. The summed E-state index contributed by atoms with van der Waals surface area (Å²) < 4.78 is 0. The van der Waals surface area contributed by atoms with Crippen LogP contribution in [0.25, 0.3) is 0 Å². The molecule has 0 unspecified atom stereocenters. The number of aromatic nitrogens is 1. The van der Waals surface area contributed by atoms with Gasteiger partial charge >= 0.3 is 0 Å². The van der Waals surface area contributed by atoms with Crippen molar-refractivity contribution >= 4 is 35.6 Å². The van der Waals surface area contributed by atoms with Crippen molar-refractivity contribution in [2.24, 2.45) is 10.9 Å². The van der Waals surface area contributed by atoms with Crippen LogP contribution in [-0.2, 0) is 13.1 Å². The van der Waals surface area contributed by atoms with Crippen LogP contribution in [-0.4, -0.2) is 30.6 Å². The van der Waals surface area contributed by atoms with E-state index in [-0.39, 0.29) is 24.0 Å². The molecule has 0 atom stereocenters. The number of aliphatic imine (C=N–C) groups is 1. The number of benzene rings is 1. The van der Waals surface area contributed by atoms with Crippen LogP contribution in [0.3, 0.4) is 0 Å². The Kier molecular flexibility index (Phi) is 9.54. The van der Waals surface area contributed by atoms with Gasteiger partial charge in [-0.3, -0.25) is 4.98 Å². The first-order valence-electron chi connectivity index (χ1n) is 10.0. The lowest BCUT2D eigenvalue weighted by Gasteiger charge is -2.32. The third-order valence-electron chi connectivity index (χ3n) is 5.01. The fourth-order valence-electron chi connectivity index (χ4n) is 3.27. The SMILES string of the molecule is CCNC(=NCc1ccc(N2CCC(C)CC2)cc1)NCc1ccccn1.I. The Bertz CT molecular complexity index is 709. The molecule has 2 N–H and O–H groups in total. The minimum Gasteiger partial charge on any atom is -0.372 e. The van der Waals surface area contributed by atoms with Crippen LogP contribution in [0.15, 0.2) is 53.7 Å². The molecule has 2 heterocycles. The number of nitrogens with one attached hydrogen (secondary N) is 2. The third-order valence-corrected chi connectivity index (χ3v) is 5.01. The van der Waals surface area contributed by atoms with E-state index >= 15 is 0 Å². The molecule has 1 saturated heterocycles. The second-order valence-electron chi connectivity index (χ2n) is 7.21. The molecular formula is C22H32IN5. The highest BCUT2D eigenvalue weighted by Gasteiger charge is 2.15. The van der Waals surface area contributed by atoms with Gasteiger partial charge in [0.2, 0.25) is 0 Å². The summed E-state index contributed by atoms with van der Waals surface area (Å²) in [6, 6.07) is 14.8. The third kappa shape index (κ3) is 6.96. The summed E-state index contributed by atoms with van der Waals surface area (Å²) >= 11 is 0. The van der Waals surface area contributed by atoms with Crippen molar-refractivity contribution in [3.63, 3.8) is 0 Å². The fourth-order valence-corrected chi connectivity index (χ4v) is 3.27. The summed E-state index contributed by atoms with van der Waals surface area (Å²) in [4.78, 5) is 11.5. The predicted molar refractivity (Wildman–Crippen MR) is 128 cm³/mol. The first kappa shape index (κ1) is 22.5. The van der Waals surface area contributed by atoms with Crippen LogP contribution < -0.4 is 15.5 Å². The lowest BCUT2D eigenvalue weighted by Crippen LogP contribution is -2.37. The van der Waals surface area contributed by atoms with Gasteiger partial charge in [0, 0.05) is 31.5 Å². The van der Waals surface area contributed by atoms with Gasteiger partial charge in [-0.2, -0.15) is 0 Å². The number of nitrogens with zero attached hydrogens (tertiary/aromatic N) is 3.